The summed E-state index contributed by atoms with van der Waals surface area (Å²) in [5.74, 6) is -0.461. The van der Waals surface area contributed by atoms with Crippen LogP contribution in [0.4, 0.5) is 0 Å². The molecule has 0 radical (unpaired) electrons. The predicted octanol–water partition coefficient (Wildman–Crippen LogP) is 4.08. The van der Waals surface area contributed by atoms with Gasteiger partial charge in [0.15, 0.2) is 12.2 Å². The highest BCUT2D eigenvalue weighted by molar-refractivity contribution is 5.85. The predicted molar refractivity (Wildman–Crippen MR) is 114 cm³/mol. The van der Waals surface area contributed by atoms with E-state index in [9.17, 15) is 9.59 Å². The maximum atomic E-state index is 13.1. The molecular formula is C24H28N2O4. The van der Waals surface area contributed by atoms with Gasteiger partial charge in [-0.3, -0.25) is 4.79 Å². The zero-order chi connectivity index (χ0) is 22.3. The van der Waals surface area contributed by atoms with E-state index in [-0.39, 0.29) is 5.91 Å². The van der Waals surface area contributed by atoms with Crippen molar-refractivity contribution in [1.82, 2.24) is 4.90 Å². The molecule has 30 heavy (non-hydrogen) atoms. The van der Waals surface area contributed by atoms with E-state index in [0.717, 1.165) is 5.56 Å². The number of ether oxygens (including phenoxy) is 2. The number of amides is 1. The Kier molecular flexibility index (Phi) is 7.60. The first-order valence-electron chi connectivity index (χ1n) is 9.84. The van der Waals surface area contributed by atoms with E-state index in [1.54, 1.807) is 43.0 Å². The van der Waals surface area contributed by atoms with Crippen LogP contribution in [0.1, 0.15) is 45.7 Å². The van der Waals surface area contributed by atoms with E-state index < -0.39 is 23.7 Å². The molecule has 0 bridgehead atoms. The van der Waals surface area contributed by atoms with Gasteiger partial charge in [0.2, 0.25) is 0 Å². The summed E-state index contributed by atoms with van der Waals surface area (Å²) in [6, 6.07) is 18.1. The molecule has 0 fully saturated rings. The zero-order valence-corrected chi connectivity index (χ0v) is 18.1. The Labute approximate surface area is 178 Å². The summed E-state index contributed by atoms with van der Waals surface area (Å²) in [5.41, 5.74) is 1.05. The van der Waals surface area contributed by atoms with Gasteiger partial charge < -0.3 is 14.4 Å². The Morgan fingerprint density at radius 2 is 1.60 bits per heavy atom. The van der Waals surface area contributed by atoms with Gasteiger partial charge in [0.05, 0.1) is 11.6 Å². The Morgan fingerprint density at radius 3 is 2.13 bits per heavy atom. The van der Waals surface area contributed by atoms with Crippen molar-refractivity contribution in [3.8, 4) is 11.8 Å². The van der Waals surface area contributed by atoms with Gasteiger partial charge in [0.1, 0.15) is 5.75 Å². The maximum Gasteiger partial charge on any atom is 0.347 e. The molecule has 2 aromatic rings. The second kappa shape index (κ2) is 9.93. The van der Waals surface area contributed by atoms with Gasteiger partial charge in [-0.25, -0.2) is 4.79 Å². The summed E-state index contributed by atoms with van der Waals surface area (Å²) in [6.07, 6.45) is -1.85. The number of nitrogens with zero attached hydrogens (tertiary/aromatic N) is 2. The fourth-order valence-electron chi connectivity index (χ4n) is 2.81. The van der Waals surface area contributed by atoms with Crippen molar-refractivity contribution >= 4 is 11.9 Å². The fraction of sp³-hybridized carbons (Fsp3) is 0.375. The number of carbonyl (C=O) groups excluding carboxylic acids is 2. The topological polar surface area (TPSA) is 79.6 Å². The average molecular weight is 408 g/mol. The van der Waals surface area contributed by atoms with Crippen LogP contribution in [0, 0.1) is 11.3 Å². The summed E-state index contributed by atoms with van der Waals surface area (Å²) in [7, 11) is 0. The molecule has 2 atom stereocenters. The van der Waals surface area contributed by atoms with Crippen LogP contribution in [0.5, 0.6) is 5.75 Å². The highest BCUT2D eigenvalue weighted by Gasteiger charge is 2.32. The first kappa shape index (κ1) is 23.0. The molecular weight excluding hydrogens is 380 g/mol. The second-order valence-electron chi connectivity index (χ2n) is 8.06. The van der Waals surface area contributed by atoms with Crippen molar-refractivity contribution in [3.63, 3.8) is 0 Å². The number of nitriles is 1. The number of rotatable bonds is 7. The molecule has 1 amide bonds. The van der Waals surface area contributed by atoms with E-state index in [4.69, 9.17) is 14.7 Å². The van der Waals surface area contributed by atoms with Crippen LogP contribution in [0.15, 0.2) is 54.6 Å². The molecule has 0 aromatic heterocycles. The van der Waals surface area contributed by atoms with Crippen LogP contribution in [0.2, 0.25) is 0 Å². The first-order chi connectivity index (χ1) is 14.1. The quantitative estimate of drug-likeness (QED) is 0.645. The van der Waals surface area contributed by atoms with Crippen molar-refractivity contribution in [3.05, 3.63) is 65.7 Å². The first-order valence-corrected chi connectivity index (χ1v) is 9.84. The molecule has 0 spiro atoms. The molecule has 0 aliphatic rings. The van der Waals surface area contributed by atoms with Crippen molar-refractivity contribution in [2.45, 2.75) is 58.9 Å². The summed E-state index contributed by atoms with van der Waals surface area (Å²) < 4.78 is 11.0. The van der Waals surface area contributed by atoms with Gasteiger partial charge in [0, 0.05) is 12.1 Å². The molecule has 6 nitrogen and oxygen atoms in total. The van der Waals surface area contributed by atoms with Crippen molar-refractivity contribution < 1.29 is 19.1 Å². The smallest absolute Gasteiger partial charge is 0.347 e. The van der Waals surface area contributed by atoms with Gasteiger partial charge in [0.25, 0.3) is 5.91 Å². The molecule has 0 aliphatic carbocycles. The van der Waals surface area contributed by atoms with Crippen LogP contribution in [-0.2, 0) is 20.9 Å². The Hall–Kier alpha value is -3.33. The van der Waals surface area contributed by atoms with Gasteiger partial charge in [-0.2, -0.15) is 5.26 Å². The number of hydrogen-bond donors (Lipinski definition) is 0. The van der Waals surface area contributed by atoms with E-state index in [2.05, 4.69) is 0 Å². The Balaban J connectivity index is 2.02. The summed E-state index contributed by atoms with van der Waals surface area (Å²) >= 11 is 0. The lowest BCUT2D eigenvalue weighted by molar-refractivity contribution is -0.166. The zero-order valence-electron chi connectivity index (χ0n) is 18.1. The molecule has 0 unspecified atom stereocenters. The van der Waals surface area contributed by atoms with Crippen LogP contribution in [0.3, 0.4) is 0 Å². The van der Waals surface area contributed by atoms with E-state index in [1.165, 1.54) is 0 Å². The van der Waals surface area contributed by atoms with Crippen molar-refractivity contribution in [2.24, 2.45) is 0 Å². The standard InChI is InChI=1S/C24H28N2O4/c1-17(22(27)26(24(3,4)5)16-20-9-7-6-8-10-20)30-23(28)18(2)29-21-13-11-19(15-25)12-14-21/h6-14,17-18H,16H2,1-5H3/t17-,18-/m1/s1. The third-order valence-electron chi connectivity index (χ3n) is 4.53. The Morgan fingerprint density at radius 1 is 1.00 bits per heavy atom. The minimum Gasteiger partial charge on any atom is -0.479 e. The molecule has 2 aromatic carbocycles. The third-order valence-corrected chi connectivity index (χ3v) is 4.53. The minimum atomic E-state index is -0.951. The summed E-state index contributed by atoms with van der Waals surface area (Å²) in [4.78, 5) is 27.2. The number of hydrogen-bond acceptors (Lipinski definition) is 5. The van der Waals surface area contributed by atoms with E-state index in [0.29, 0.717) is 17.9 Å². The highest BCUT2D eigenvalue weighted by Crippen LogP contribution is 2.20. The van der Waals surface area contributed by atoms with E-state index in [1.807, 2.05) is 57.2 Å². The average Bonchev–Trinajstić information content (AvgIpc) is 2.71. The second-order valence-corrected chi connectivity index (χ2v) is 8.06. The number of benzene rings is 2. The summed E-state index contributed by atoms with van der Waals surface area (Å²) in [6.45, 7) is 9.38. The molecule has 0 heterocycles. The van der Waals surface area contributed by atoms with E-state index >= 15 is 0 Å². The fourth-order valence-corrected chi connectivity index (χ4v) is 2.81. The molecule has 0 saturated carbocycles. The van der Waals surface area contributed by atoms with Crippen LogP contribution in [0.25, 0.3) is 0 Å². The van der Waals surface area contributed by atoms with Crippen molar-refractivity contribution in [1.29, 1.82) is 5.26 Å². The number of esters is 1. The minimum absolute atomic E-state index is 0.273. The molecule has 2 rings (SSSR count). The maximum absolute atomic E-state index is 13.1. The SMILES string of the molecule is C[C@@H](Oc1ccc(C#N)cc1)C(=O)O[C@H](C)C(=O)N(Cc1ccccc1)C(C)(C)C. The third kappa shape index (κ3) is 6.35. The highest BCUT2D eigenvalue weighted by atomic mass is 16.6. The van der Waals surface area contributed by atoms with Gasteiger partial charge in [-0.15, -0.1) is 0 Å². The van der Waals surface area contributed by atoms with Crippen LogP contribution >= 0.6 is 0 Å². The molecule has 0 saturated heterocycles. The summed E-state index contributed by atoms with van der Waals surface area (Å²) in [5, 5.41) is 8.84. The van der Waals surface area contributed by atoms with Crippen LogP contribution < -0.4 is 4.74 Å². The molecule has 158 valence electrons. The lowest BCUT2D eigenvalue weighted by Gasteiger charge is -2.37. The monoisotopic (exact) mass is 408 g/mol. The normalized spacial score (nSPS) is 12.9. The lowest BCUT2D eigenvalue weighted by atomic mass is 10.0. The Bertz CT molecular complexity index is 896. The van der Waals surface area contributed by atoms with Gasteiger partial charge >= 0.3 is 5.97 Å². The molecule has 6 heteroatoms. The molecule has 0 N–H and O–H groups in total. The number of carbonyl (C=O) groups is 2. The lowest BCUT2D eigenvalue weighted by Crippen LogP contribution is -2.50. The van der Waals surface area contributed by atoms with Gasteiger partial charge in [-0.05, 0) is 64.4 Å². The van der Waals surface area contributed by atoms with Gasteiger partial charge in [-0.1, -0.05) is 30.3 Å². The van der Waals surface area contributed by atoms with Crippen molar-refractivity contribution in [2.75, 3.05) is 0 Å². The largest absolute Gasteiger partial charge is 0.479 e. The molecule has 0 aliphatic heterocycles. The van der Waals surface area contributed by atoms with Crippen LogP contribution in [-0.4, -0.2) is 34.5 Å².